The van der Waals surface area contributed by atoms with Crippen LogP contribution in [0.1, 0.15) is 59.3 Å². The Hall–Kier alpha value is -0.786. The molecule has 4 radical (unpaired) electrons. The summed E-state index contributed by atoms with van der Waals surface area (Å²) in [6, 6.07) is 9.44. The van der Waals surface area contributed by atoms with Gasteiger partial charge in [-0.3, -0.25) is 0 Å². The molecule has 1 aromatic carbocycles. The molecule has 0 unspecified atom stereocenters. The quantitative estimate of drug-likeness (QED) is 0.348. The summed E-state index contributed by atoms with van der Waals surface area (Å²) in [7, 11) is 10.1. The molecule has 0 aliphatic heterocycles. The van der Waals surface area contributed by atoms with Crippen molar-refractivity contribution in [3.63, 3.8) is 0 Å². The van der Waals surface area contributed by atoms with Gasteiger partial charge >= 0.3 is 0 Å². The van der Waals surface area contributed by atoms with Crippen molar-refractivity contribution in [2.75, 3.05) is 38.0 Å². The molecule has 0 aliphatic carbocycles. The molecule has 0 spiro atoms. The highest BCUT2D eigenvalue weighted by molar-refractivity contribution is 6.55. The Kier molecular flexibility index (Phi) is 11.3. The first-order valence-corrected chi connectivity index (χ1v) is 12.7. The molecule has 27 heavy (non-hydrogen) atoms. The Bertz CT molecular complexity index is 528. The van der Waals surface area contributed by atoms with E-state index in [0.717, 1.165) is 9.52 Å². The number of unbranched alkanes of at least 4 members (excludes halogenated alkanes) is 5. The molecule has 0 saturated heterocycles. The minimum Gasteiger partial charge on any atom is -0.413 e. The Morgan fingerprint density at radius 3 is 1.96 bits per heavy atom. The van der Waals surface area contributed by atoms with E-state index in [4.69, 9.17) is 4.43 Å². The predicted octanol–water partition coefficient (Wildman–Crippen LogP) is 4.76. The average molecular weight is 405 g/mol. The first-order chi connectivity index (χ1) is 12.7. The highest BCUT2D eigenvalue weighted by atomic mass is 28.2. The van der Waals surface area contributed by atoms with Crippen LogP contribution in [0, 0.1) is 0 Å². The van der Waals surface area contributed by atoms with Crippen LogP contribution < -0.4 is 15.0 Å². The highest BCUT2D eigenvalue weighted by Gasteiger charge is 2.09. The van der Waals surface area contributed by atoms with Crippen molar-refractivity contribution in [3.8, 4) is 0 Å². The topological polar surface area (TPSA) is 15.7 Å². The smallest absolute Gasteiger partial charge is 0.230 e. The lowest BCUT2D eigenvalue weighted by Crippen LogP contribution is -2.25. The summed E-state index contributed by atoms with van der Waals surface area (Å²) in [5.74, 6) is 0. The maximum Gasteiger partial charge on any atom is 0.230 e. The van der Waals surface area contributed by atoms with Crippen LogP contribution >= 0.6 is 0 Å². The molecule has 0 atom stereocenters. The van der Waals surface area contributed by atoms with Crippen LogP contribution in [0.25, 0.3) is 0 Å². The second-order valence-corrected chi connectivity index (χ2v) is 11.0. The van der Waals surface area contributed by atoms with E-state index in [0.29, 0.717) is 9.76 Å². The third kappa shape index (κ3) is 11.0. The molecule has 5 heteroatoms. The van der Waals surface area contributed by atoms with Gasteiger partial charge in [-0.2, -0.15) is 0 Å². The maximum atomic E-state index is 5.80. The summed E-state index contributed by atoms with van der Waals surface area (Å²) >= 11 is 0. The Morgan fingerprint density at radius 1 is 0.815 bits per heavy atom. The fraction of sp³-hybridized carbons (Fsp3) is 0.727. The van der Waals surface area contributed by atoms with Crippen molar-refractivity contribution in [2.45, 2.75) is 77.0 Å². The van der Waals surface area contributed by atoms with E-state index in [1.807, 2.05) is 0 Å². The Labute approximate surface area is 173 Å². The lowest BCUT2D eigenvalue weighted by atomic mass is 10.1. The van der Waals surface area contributed by atoms with Crippen LogP contribution in [-0.4, -0.2) is 53.1 Å². The molecule has 152 valence electrons. The number of benzene rings is 1. The predicted molar refractivity (Wildman–Crippen MR) is 124 cm³/mol. The van der Waals surface area contributed by atoms with Gasteiger partial charge in [0.1, 0.15) is 0 Å². The summed E-state index contributed by atoms with van der Waals surface area (Å²) in [4.78, 5) is 4.43. The van der Waals surface area contributed by atoms with E-state index >= 15 is 0 Å². The largest absolute Gasteiger partial charge is 0.413 e. The normalized spacial score (nSPS) is 11.7. The molecule has 1 aromatic rings. The molecule has 0 fully saturated rings. The van der Waals surface area contributed by atoms with Crippen LogP contribution in [0.4, 0.5) is 11.4 Å². The number of hydrogen-bond donors (Lipinski definition) is 0. The number of nitrogens with zero attached hydrogens (tertiary/aromatic N) is 2. The highest BCUT2D eigenvalue weighted by Crippen LogP contribution is 2.18. The summed E-state index contributed by atoms with van der Waals surface area (Å²) in [5, 5.41) is 1.51. The first kappa shape index (κ1) is 24.3. The zero-order chi connectivity index (χ0) is 20.3. The SMILES string of the molecule is CN(C)c1ccc([Si]CCCCCCCC[Si]OC(C)(C)C)c(N(C)C)c1. The number of anilines is 2. The summed E-state index contributed by atoms with van der Waals surface area (Å²) < 4.78 is 5.80. The zero-order valence-corrected chi connectivity index (χ0v) is 20.7. The van der Waals surface area contributed by atoms with E-state index in [1.54, 1.807) is 0 Å². The van der Waals surface area contributed by atoms with Crippen LogP contribution in [0.3, 0.4) is 0 Å². The molecule has 0 saturated carbocycles. The van der Waals surface area contributed by atoms with Gasteiger partial charge in [-0.25, -0.2) is 0 Å². The second-order valence-electron chi connectivity index (χ2n) is 8.65. The summed E-state index contributed by atoms with van der Waals surface area (Å²) in [5.41, 5.74) is 2.68. The second kappa shape index (κ2) is 12.6. The van der Waals surface area contributed by atoms with Gasteiger partial charge in [-0.1, -0.05) is 50.6 Å². The van der Waals surface area contributed by atoms with Gasteiger partial charge in [0.2, 0.25) is 9.76 Å². The molecule has 0 amide bonds. The standard InChI is InChI=1S/C22H40N2OSi2/c1-22(2,3)25-27-17-13-11-9-8-10-12-16-26-21-15-14-19(23(4)5)18-20(21)24(6)7/h14-15,18H,8-13,16-17H2,1-7H3. The van der Waals surface area contributed by atoms with Gasteiger partial charge in [-0.05, 0) is 44.1 Å². The molecule has 0 heterocycles. The van der Waals surface area contributed by atoms with E-state index < -0.39 is 0 Å². The number of rotatable bonds is 13. The van der Waals surface area contributed by atoms with E-state index in [1.165, 1.54) is 67.2 Å². The minimum atomic E-state index is 0.0262. The molecule has 3 nitrogen and oxygen atoms in total. The molecule has 0 aliphatic rings. The van der Waals surface area contributed by atoms with E-state index in [9.17, 15) is 0 Å². The van der Waals surface area contributed by atoms with Crippen LogP contribution in [-0.2, 0) is 4.43 Å². The Balaban J connectivity index is 2.15. The molecule has 0 N–H and O–H groups in total. The van der Waals surface area contributed by atoms with Gasteiger partial charge in [0.05, 0.1) is 9.52 Å². The van der Waals surface area contributed by atoms with Crippen LogP contribution in [0.2, 0.25) is 12.1 Å². The molecular formula is C22H40N2OSi2. The fourth-order valence-corrected chi connectivity index (χ4v) is 5.14. The van der Waals surface area contributed by atoms with Crippen molar-refractivity contribution in [1.29, 1.82) is 0 Å². The van der Waals surface area contributed by atoms with Crippen molar-refractivity contribution >= 4 is 35.8 Å². The summed E-state index contributed by atoms with van der Waals surface area (Å²) in [6.07, 6.45) is 8.17. The zero-order valence-electron chi connectivity index (χ0n) is 18.7. The van der Waals surface area contributed by atoms with Gasteiger partial charge < -0.3 is 14.2 Å². The average Bonchev–Trinajstić information content (AvgIpc) is 2.58. The van der Waals surface area contributed by atoms with Crippen molar-refractivity contribution in [3.05, 3.63) is 18.2 Å². The van der Waals surface area contributed by atoms with Gasteiger partial charge in [-0.15, -0.1) is 0 Å². The number of hydrogen-bond acceptors (Lipinski definition) is 3. The van der Waals surface area contributed by atoms with Crippen molar-refractivity contribution in [1.82, 2.24) is 0 Å². The third-order valence-corrected chi connectivity index (χ3v) is 7.10. The van der Waals surface area contributed by atoms with Gasteiger partial charge in [0.15, 0.2) is 0 Å². The minimum absolute atomic E-state index is 0.0262. The van der Waals surface area contributed by atoms with Crippen LogP contribution in [0.15, 0.2) is 18.2 Å². The molecule has 0 aromatic heterocycles. The summed E-state index contributed by atoms with van der Waals surface area (Å²) in [6.45, 7) is 6.41. The monoisotopic (exact) mass is 404 g/mol. The molecular weight excluding hydrogens is 364 g/mol. The molecule has 1 rings (SSSR count). The fourth-order valence-electron chi connectivity index (χ4n) is 2.84. The van der Waals surface area contributed by atoms with Crippen LogP contribution in [0.5, 0.6) is 0 Å². The van der Waals surface area contributed by atoms with Crippen molar-refractivity contribution in [2.24, 2.45) is 0 Å². The van der Waals surface area contributed by atoms with Gasteiger partial charge in [0, 0.05) is 45.2 Å². The lowest BCUT2D eigenvalue weighted by molar-refractivity contribution is 0.138. The van der Waals surface area contributed by atoms with Crippen molar-refractivity contribution < 1.29 is 4.43 Å². The lowest BCUT2D eigenvalue weighted by Gasteiger charge is -2.21. The van der Waals surface area contributed by atoms with Gasteiger partial charge in [0.25, 0.3) is 0 Å². The van der Waals surface area contributed by atoms with E-state index in [-0.39, 0.29) is 5.60 Å². The molecule has 0 bridgehead atoms. The maximum absolute atomic E-state index is 5.80. The first-order valence-electron chi connectivity index (χ1n) is 10.3. The third-order valence-electron chi connectivity index (χ3n) is 4.38. The Morgan fingerprint density at radius 2 is 1.41 bits per heavy atom. The van der Waals surface area contributed by atoms with E-state index in [2.05, 4.69) is 77.0 Å².